The number of nitrogens with one attached hydrogen (secondary N) is 1. The molecule has 0 aliphatic carbocycles. The number of nitrogens with zero attached hydrogens (tertiary/aromatic N) is 1. The Hall–Kier alpha value is -1.43. The molecule has 0 aliphatic heterocycles. The Labute approximate surface area is 127 Å². The predicted octanol–water partition coefficient (Wildman–Crippen LogP) is 1.83. The lowest BCUT2D eigenvalue weighted by Crippen LogP contribution is -2.28. The molecule has 0 heterocycles. The minimum atomic E-state index is 0.0146. The molecule has 3 N–H and O–H groups in total. The Balaban J connectivity index is 2.27. The minimum Gasteiger partial charge on any atom is -0.377 e. The van der Waals surface area contributed by atoms with Gasteiger partial charge in [-0.2, -0.15) is 0 Å². The molecule has 21 heavy (non-hydrogen) atoms. The topological polar surface area (TPSA) is 67.6 Å². The molecule has 0 aromatic heterocycles. The average Bonchev–Trinajstić information content (AvgIpc) is 2.45. The molecule has 1 rings (SSSR count). The van der Waals surface area contributed by atoms with Crippen molar-refractivity contribution in [2.24, 2.45) is 5.73 Å². The summed E-state index contributed by atoms with van der Waals surface area (Å²) in [6.45, 7) is 6.74. The first-order valence-electron chi connectivity index (χ1n) is 7.40. The predicted molar refractivity (Wildman–Crippen MR) is 86.2 cm³/mol. The summed E-state index contributed by atoms with van der Waals surface area (Å²) in [6, 6.07) is 7.61. The number of amides is 1. The number of carbonyl (C=O) groups is 1. The van der Waals surface area contributed by atoms with Crippen LogP contribution in [0, 0.1) is 0 Å². The third-order valence-electron chi connectivity index (χ3n) is 3.09. The van der Waals surface area contributed by atoms with Gasteiger partial charge in [0.15, 0.2) is 0 Å². The van der Waals surface area contributed by atoms with Gasteiger partial charge < -0.3 is 20.7 Å². The third-order valence-corrected chi connectivity index (χ3v) is 3.09. The fraction of sp³-hybridized carbons (Fsp3) is 0.562. The van der Waals surface area contributed by atoms with Gasteiger partial charge in [-0.3, -0.25) is 4.79 Å². The molecule has 0 radical (unpaired) electrons. The van der Waals surface area contributed by atoms with Crippen LogP contribution >= 0.6 is 0 Å². The fourth-order valence-electron chi connectivity index (χ4n) is 1.85. The van der Waals surface area contributed by atoms with Crippen LogP contribution in [0.15, 0.2) is 24.3 Å². The molecule has 5 nitrogen and oxygen atoms in total. The highest BCUT2D eigenvalue weighted by Crippen LogP contribution is 2.10. The molecule has 0 bridgehead atoms. The second-order valence-electron chi connectivity index (χ2n) is 5.43. The summed E-state index contributed by atoms with van der Waals surface area (Å²) in [4.78, 5) is 14.0. The number of hydrogen-bond donors (Lipinski definition) is 2. The Kier molecular flexibility index (Phi) is 7.97. The van der Waals surface area contributed by atoms with E-state index in [1.807, 2.05) is 45.2 Å². The van der Waals surface area contributed by atoms with E-state index in [0.29, 0.717) is 26.1 Å². The number of carbonyl (C=O) groups excluding carboxylic acids is 1. The van der Waals surface area contributed by atoms with Crippen LogP contribution in [0.5, 0.6) is 0 Å². The highest BCUT2D eigenvalue weighted by atomic mass is 16.5. The zero-order chi connectivity index (χ0) is 15.7. The second-order valence-corrected chi connectivity index (χ2v) is 5.43. The molecular formula is C16H27N3O2. The highest BCUT2D eigenvalue weighted by Gasteiger charge is 2.06. The molecular weight excluding hydrogens is 266 g/mol. The van der Waals surface area contributed by atoms with E-state index in [-0.39, 0.29) is 12.0 Å². The lowest BCUT2D eigenvalue weighted by Gasteiger charge is -2.17. The first kappa shape index (κ1) is 17.6. The number of rotatable bonds is 9. The molecule has 0 atom stereocenters. The van der Waals surface area contributed by atoms with Gasteiger partial charge in [0.2, 0.25) is 5.91 Å². The van der Waals surface area contributed by atoms with Crippen LogP contribution < -0.4 is 11.1 Å². The summed E-state index contributed by atoms with van der Waals surface area (Å²) in [5, 5.41) is 2.89. The van der Waals surface area contributed by atoms with E-state index in [4.69, 9.17) is 10.5 Å². The molecule has 118 valence electrons. The number of anilines is 1. The van der Waals surface area contributed by atoms with Crippen molar-refractivity contribution in [3.8, 4) is 0 Å². The highest BCUT2D eigenvalue weighted by molar-refractivity contribution is 5.90. The summed E-state index contributed by atoms with van der Waals surface area (Å²) in [7, 11) is 1.99. The monoisotopic (exact) mass is 293 g/mol. The molecule has 0 unspecified atom stereocenters. The summed E-state index contributed by atoms with van der Waals surface area (Å²) < 4.78 is 5.49. The maximum absolute atomic E-state index is 11.9. The summed E-state index contributed by atoms with van der Waals surface area (Å²) in [5.41, 5.74) is 7.39. The first-order valence-corrected chi connectivity index (χ1v) is 7.40. The van der Waals surface area contributed by atoms with Crippen LogP contribution in [0.4, 0.5) is 5.69 Å². The van der Waals surface area contributed by atoms with Gasteiger partial charge >= 0.3 is 0 Å². The van der Waals surface area contributed by atoms with Crippen LogP contribution in [0.1, 0.15) is 25.8 Å². The lowest BCUT2D eigenvalue weighted by molar-refractivity contribution is -0.116. The number of nitrogens with two attached hydrogens (primary N) is 1. The van der Waals surface area contributed by atoms with Crippen molar-refractivity contribution in [1.29, 1.82) is 0 Å². The lowest BCUT2D eigenvalue weighted by atomic mass is 10.2. The second kappa shape index (κ2) is 9.50. The van der Waals surface area contributed by atoms with Gasteiger partial charge in [-0.1, -0.05) is 12.1 Å². The van der Waals surface area contributed by atoms with Crippen molar-refractivity contribution in [2.45, 2.75) is 32.9 Å². The Morgan fingerprint density at radius 3 is 2.81 bits per heavy atom. The van der Waals surface area contributed by atoms with Crippen LogP contribution in [-0.2, 0) is 16.1 Å². The molecule has 0 spiro atoms. The molecule has 0 fully saturated rings. The van der Waals surface area contributed by atoms with Gasteiger partial charge in [-0.15, -0.1) is 0 Å². The molecule has 0 saturated heterocycles. The Morgan fingerprint density at radius 1 is 1.38 bits per heavy atom. The van der Waals surface area contributed by atoms with E-state index in [0.717, 1.165) is 17.8 Å². The van der Waals surface area contributed by atoms with E-state index < -0.39 is 0 Å². The van der Waals surface area contributed by atoms with Gasteiger partial charge in [-0.25, -0.2) is 0 Å². The Bertz CT molecular complexity index is 435. The van der Waals surface area contributed by atoms with E-state index >= 15 is 0 Å². The normalized spacial score (nSPS) is 11.1. The van der Waals surface area contributed by atoms with Crippen LogP contribution in [0.3, 0.4) is 0 Å². The van der Waals surface area contributed by atoms with E-state index in [2.05, 4.69) is 10.2 Å². The van der Waals surface area contributed by atoms with Crippen LogP contribution in [-0.4, -0.2) is 43.7 Å². The van der Waals surface area contributed by atoms with Crippen molar-refractivity contribution in [1.82, 2.24) is 4.90 Å². The standard InChI is InChI=1S/C16H27N3O2/c1-13(2)21-10-9-19(3)8-7-16(20)18-15-6-4-5-14(11-15)12-17/h4-6,11,13H,7-10,12,17H2,1-3H3,(H,18,20). The van der Waals surface area contributed by atoms with Crippen molar-refractivity contribution < 1.29 is 9.53 Å². The average molecular weight is 293 g/mol. The summed E-state index contributed by atoms with van der Waals surface area (Å²) in [5.74, 6) is 0.0146. The van der Waals surface area contributed by atoms with Crippen molar-refractivity contribution in [2.75, 3.05) is 32.1 Å². The SMILES string of the molecule is CC(C)OCCN(C)CCC(=O)Nc1cccc(CN)c1. The summed E-state index contributed by atoms with van der Waals surface area (Å²) in [6.07, 6.45) is 0.710. The number of ether oxygens (including phenoxy) is 1. The molecule has 1 amide bonds. The van der Waals surface area contributed by atoms with E-state index in [1.165, 1.54) is 0 Å². The zero-order valence-corrected chi connectivity index (χ0v) is 13.3. The van der Waals surface area contributed by atoms with Crippen molar-refractivity contribution in [3.63, 3.8) is 0 Å². The van der Waals surface area contributed by atoms with Gasteiger partial charge in [0.05, 0.1) is 12.7 Å². The molecule has 0 saturated carbocycles. The van der Waals surface area contributed by atoms with Gasteiger partial charge in [0.25, 0.3) is 0 Å². The Morgan fingerprint density at radius 2 is 2.14 bits per heavy atom. The summed E-state index contributed by atoms with van der Waals surface area (Å²) >= 11 is 0. The number of benzene rings is 1. The molecule has 1 aromatic carbocycles. The van der Waals surface area contributed by atoms with Gasteiger partial charge in [0.1, 0.15) is 0 Å². The maximum atomic E-state index is 11.9. The maximum Gasteiger partial charge on any atom is 0.225 e. The smallest absolute Gasteiger partial charge is 0.225 e. The molecule has 1 aromatic rings. The van der Waals surface area contributed by atoms with Crippen molar-refractivity contribution >= 4 is 11.6 Å². The number of hydrogen-bond acceptors (Lipinski definition) is 4. The van der Waals surface area contributed by atoms with E-state index in [9.17, 15) is 4.79 Å². The van der Waals surface area contributed by atoms with Gasteiger partial charge in [-0.05, 0) is 38.6 Å². The molecule has 5 heteroatoms. The van der Waals surface area contributed by atoms with E-state index in [1.54, 1.807) is 0 Å². The minimum absolute atomic E-state index is 0.0146. The fourth-order valence-corrected chi connectivity index (χ4v) is 1.85. The van der Waals surface area contributed by atoms with Crippen LogP contribution in [0.2, 0.25) is 0 Å². The third kappa shape index (κ3) is 7.80. The first-order chi connectivity index (χ1) is 10.0. The van der Waals surface area contributed by atoms with Gasteiger partial charge in [0, 0.05) is 31.7 Å². The molecule has 0 aliphatic rings. The zero-order valence-electron chi connectivity index (χ0n) is 13.3. The van der Waals surface area contributed by atoms with Crippen molar-refractivity contribution in [3.05, 3.63) is 29.8 Å². The largest absolute Gasteiger partial charge is 0.377 e. The van der Waals surface area contributed by atoms with Crippen LogP contribution in [0.25, 0.3) is 0 Å². The number of likely N-dealkylation sites (N-methyl/N-ethyl adjacent to an activating group) is 1. The quantitative estimate of drug-likeness (QED) is 0.729.